The van der Waals surface area contributed by atoms with Gasteiger partial charge in [0.25, 0.3) is 5.91 Å². The number of ether oxygens (including phenoxy) is 1. The smallest absolute Gasteiger partial charge is 0.255 e. The van der Waals surface area contributed by atoms with Crippen molar-refractivity contribution in [1.29, 1.82) is 0 Å². The highest BCUT2D eigenvalue weighted by Gasteiger charge is 2.21. The van der Waals surface area contributed by atoms with Gasteiger partial charge in [0.1, 0.15) is 17.7 Å². The Kier molecular flexibility index (Phi) is 6.10. The van der Waals surface area contributed by atoms with Gasteiger partial charge in [-0.25, -0.2) is 4.98 Å². The number of piperidine rings is 1. The Morgan fingerprint density at radius 2 is 1.96 bits per heavy atom. The first-order chi connectivity index (χ1) is 12.6. The zero-order valence-corrected chi connectivity index (χ0v) is 15.5. The van der Waals surface area contributed by atoms with Crippen molar-refractivity contribution in [1.82, 2.24) is 9.88 Å². The third kappa shape index (κ3) is 4.97. The van der Waals surface area contributed by atoms with Gasteiger partial charge >= 0.3 is 0 Å². The minimum absolute atomic E-state index is 0.0100. The molecule has 1 N–H and O–H groups in total. The molecule has 5 heteroatoms. The molecular weight excluding hydrogens is 326 g/mol. The molecule has 1 aliphatic heterocycles. The van der Waals surface area contributed by atoms with Gasteiger partial charge in [-0.1, -0.05) is 25.1 Å². The summed E-state index contributed by atoms with van der Waals surface area (Å²) in [6.07, 6.45) is 3.83. The van der Waals surface area contributed by atoms with E-state index in [4.69, 9.17) is 4.74 Å². The maximum atomic E-state index is 12.5. The van der Waals surface area contributed by atoms with Crippen molar-refractivity contribution in [2.75, 3.05) is 25.0 Å². The molecule has 1 aromatic carbocycles. The lowest BCUT2D eigenvalue weighted by atomic mass is 9.99. The van der Waals surface area contributed by atoms with Crippen molar-refractivity contribution in [2.45, 2.75) is 32.8 Å². The van der Waals surface area contributed by atoms with Crippen molar-refractivity contribution < 1.29 is 9.53 Å². The normalized spacial score (nSPS) is 16.2. The van der Waals surface area contributed by atoms with Gasteiger partial charge in [-0.2, -0.15) is 0 Å². The zero-order chi connectivity index (χ0) is 18.4. The van der Waals surface area contributed by atoms with Crippen LogP contribution in [0.5, 0.6) is 5.75 Å². The molecule has 0 radical (unpaired) electrons. The predicted molar refractivity (Wildman–Crippen MR) is 104 cm³/mol. The minimum Gasteiger partial charge on any atom is -0.489 e. The number of para-hydroxylation sites is 1. The molecule has 1 aromatic heterocycles. The van der Waals surface area contributed by atoms with Gasteiger partial charge in [-0.05, 0) is 49.9 Å². The summed E-state index contributed by atoms with van der Waals surface area (Å²) in [6, 6.07) is 13.5. The molecule has 1 saturated heterocycles. The molecule has 0 aliphatic carbocycles. The predicted octanol–water partition coefficient (Wildman–Crippen LogP) is 3.83. The number of carbonyl (C=O) groups is 1. The Labute approximate surface area is 155 Å². The Balaban J connectivity index is 1.49. The fourth-order valence-electron chi connectivity index (χ4n) is 3.04. The van der Waals surface area contributed by atoms with Gasteiger partial charge in [0.15, 0.2) is 0 Å². The molecule has 2 aromatic rings. The van der Waals surface area contributed by atoms with Crippen molar-refractivity contribution in [2.24, 2.45) is 5.92 Å². The molecule has 0 saturated carbocycles. The molecule has 138 valence electrons. The maximum Gasteiger partial charge on any atom is 0.255 e. The number of aromatic nitrogens is 1. The van der Waals surface area contributed by atoms with Gasteiger partial charge < -0.3 is 15.0 Å². The van der Waals surface area contributed by atoms with Crippen molar-refractivity contribution in [3.05, 3.63) is 54.2 Å². The van der Waals surface area contributed by atoms with Crippen molar-refractivity contribution in [3.63, 3.8) is 0 Å². The van der Waals surface area contributed by atoms with Crippen LogP contribution in [-0.2, 0) is 0 Å². The van der Waals surface area contributed by atoms with Crippen LogP contribution in [-0.4, -0.2) is 41.5 Å². The molecule has 1 unspecified atom stereocenters. The summed E-state index contributed by atoms with van der Waals surface area (Å²) in [4.78, 5) is 18.8. The number of carbonyl (C=O) groups excluding carboxylic acids is 1. The van der Waals surface area contributed by atoms with Crippen LogP contribution in [0.3, 0.4) is 0 Å². The van der Waals surface area contributed by atoms with E-state index < -0.39 is 0 Å². The van der Waals surface area contributed by atoms with E-state index in [9.17, 15) is 4.79 Å². The van der Waals surface area contributed by atoms with Crippen LogP contribution in [0.25, 0.3) is 0 Å². The number of hydrogen-bond acceptors (Lipinski definition) is 4. The molecule has 5 nitrogen and oxygen atoms in total. The second-order valence-electron chi connectivity index (χ2n) is 7.03. The highest BCUT2D eigenvalue weighted by Crippen LogP contribution is 2.18. The summed E-state index contributed by atoms with van der Waals surface area (Å²) in [7, 11) is 0. The molecule has 2 heterocycles. The highest BCUT2D eigenvalue weighted by molar-refractivity contribution is 5.94. The van der Waals surface area contributed by atoms with E-state index in [0.29, 0.717) is 18.0 Å². The standard InChI is InChI=1S/C21H27N3O2/c1-16-10-12-24(13-11-16)21(25)18-8-9-20(23-15-18)22-14-17(2)26-19-6-4-3-5-7-19/h3-9,15-17H,10-14H2,1-2H3,(H,22,23). The first kappa shape index (κ1) is 18.2. The average Bonchev–Trinajstić information content (AvgIpc) is 2.68. The van der Waals surface area contributed by atoms with Crippen LogP contribution in [0, 0.1) is 5.92 Å². The van der Waals surface area contributed by atoms with Crippen LogP contribution < -0.4 is 10.1 Å². The second kappa shape index (κ2) is 8.70. The van der Waals surface area contributed by atoms with E-state index in [0.717, 1.165) is 37.5 Å². The van der Waals surface area contributed by atoms with Crippen LogP contribution in [0.4, 0.5) is 5.82 Å². The van der Waals surface area contributed by atoms with E-state index in [1.54, 1.807) is 6.20 Å². The van der Waals surface area contributed by atoms with Crippen LogP contribution in [0.1, 0.15) is 37.0 Å². The van der Waals surface area contributed by atoms with E-state index >= 15 is 0 Å². The topological polar surface area (TPSA) is 54.5 Å². The molecule has 3 rings (SSSR count). The molecule has 0 spiro atoms. The molecule has 1 amide bonds. The lowest BCUT2D eigenvalue weighted by Gasteiger charge is -2.30. The number of pyridine rings is 1. The van der Waals surface area contributed by atoms with E-state index in [2.05, 4.69) is 17.2 Å². The minimum atomic E-state index is 0.0100. The molecular formula is C21H27N3O2. The second-order valence-corrected chi connectivity index (χ2v) is 7.03. The van der Waals surface area contributed by atoms with Crippen molar-refractivity contribution >= 4 is 11.7 Å². The number of likely N-dealkylation sites (tertiary alicyclic amines) is 1. The summed E-state index contributed by atoms with van der Waals surface area (Å²) >= 11 is 0. The van der Waals surface area contributed by atoms with Crippen LogP contribution in [0.15, 0.2) is 48.7 Å². The van der Waals surface area contributed by atoms with Crippen LogP contribution >= 0.6 is 0 Å². The van der Waals surface area contributed by atoms with E-state index in [1.807, 2.05) is 54.3 Å². The van der Waals surface area contributed by atoms with Gasteiger partial charge in [0, 0.05) is 19.3 Å². The summed E-state index contributed by atoms with van der Waals surface area (Å²) in [6.45, 7) is 6.57. The summed E-state index contributed by atoms with van der Waals surface area (Å²) < 4.78 is 5.83. The maximum absolute atomic E-state index is 12.5. The lowest BCUT2D eigenvalue weighted by Crippen LogP contribution is -2.37. The first-order valence-corrected chi connectivity index (χ1v) is 9.32. The Bertz CT molecular complexity index is 695. The number of benzene rings is 1. The summed E-state index contributed by atoms with van der Waals surface area (Å²) in [5, 5.41) is 3.26. The SMILES string of the molecule is CC1CCN(C(=O)c2ccc(NCC(C)Oc3ccccc3)nc2)CC1. The molecule has 26 heavy (non-hydrogen) atoms. The highest BCUT2D eigenvalue weighted by atomic mass is 16.5. The van der Waals surface area contributed by atoms with Crippen LogP contribution in [0.2, 0.25) is 0 Å². The average molecular weight is 353 g/mol. The third-order valence-corrected chi connectivity index (χ3v) is 4.73. The summed E-state index contributed by atoms with van der Waals surface area (Å²) in [5.41, 5.74) is 0.652. The number of nitrogens with one attached hydrogen (secondary N) is 1. The number of rotatable bonds is 6. The largest absolute Gasteiger partial charge is 0.489 e. The van der Waals surface area contributed by atoms with Crippen molar-refractivity contribution in [3.8, 4) is 5.75 Å². The Hall–Kier alpha value is -2.56. The molecule has 1 aliphatic rings. The number of amides is 1. The number of hydrogen-bond donors (Lipinski definition) is 1. The fourth-order valence-corrected chi connectivity index (χ4v) is 3.04. The Morgan fingerprint density at radius 1 is 1.23 bits per heavy atom. The van der Waals surface area contributed by atoms with Gasteiger partial charge in [-0.15, -0.1) is 0 Å². The van der Waals surface area contributed by atoms with Gasteiger partial charge in [0.05, 0.1) is 12.1 Å². The zero-order valence-electron chi connectivity index (χ0n) is 15.5. The van der Waals surface area contributed by atoms with E-state index in [-0.39, 0.29) is 12.0 Å². The van der Waals surface area contributed by atoms with E-state index in [1.165, 1.54) is 0 Å². The third-order valence-electron chi connectivity index (χ3n) is 4.73. The van der Waals surface area contributed by atoms with Gasteiger partial charge in [-0.3, -0.25) is 4.79 Å². The number of nitrogens with zero attached hydrogens (tertiary/aromatic N) is 2. The quantitative estimate of drug-likeness (QED) is 0.857. The molecule has 1 fully saturated rings. The first-order valence-electron chi connectivity index (χ1n) is 9.32. The van der Waals surface area contributed by atoms with Gasteiger partial charge in [0.2, 0.25) is 0 Å². The molecule has 1 atom stereocenters. The molecule has 0 bridgehead atoms. The monoisotopic (exact) mass is 353 g/mol. The Morgan fingerprint density at radius 3 is 2.62 bits per heavy atom. The fraction of sp³-hybridized carbons (Fsp3) is 0.429. The summed E-state index contributed by atoms with van der Waals surface area (Å²) in [5.74, 6) is 2.39. The number of anilines is 1. The lowest BCUT2D eigenvalue weighted by molar-refractivity contribution is 0.0697.